The maximum absolute atomic E-state index is 12.7. The molecule has 0 amide bonds. The molecule has 0 aliphatic heterocycles. The molecule has 2 aromatic carbocycles. The molecule has 2 aromatic rings. The summed E-state index contributed by atoms with van der Waals surface area (Å²) in [5.74, 6) is -5.39. The third-order valence-corrected chi connectivity index (χ3v) is 6.23. The Morgan fingerprint density at radius 3 is 2.21 bits per heavy atom. The molecule has 210 valence electrons. The quantitative estimate of drug-likeness (QED) is 0.133. The van der Waals surface area contributed by atoms with Gasteiger partial charge in [-0.05, 0) is 41.5 Å². The molecule has 5 atom stereocenters. The van der Waals surface area contributed by atoms with Crippen LogP contribution in [-0.4, -0.2) is 84.7 Å². The summed E-state index contributed by atoms with van der Waals surface area (Å²) >= 11 is 0. The molecule has 0 spiro atoms. The number of carbonyl (C=O) groups is 3. The number of aliphatic hydroxyl groups is 2. The Balaban J connectivity index is 1.73. The van der Waals surface area contributed by atoms with Gasteiger partial charge in [0.1, 0.15) is 12.2 Å². The van der Waals surface area contributed by atoms with Gasteiger partial charge in [-0.2, -0.15) is 0 Å². The van der Waals surface area contributed by atoms with Crippen molar-refractivity contribution in [2.45, 2.75) is 49.3 Å². The van der Waals surface area contributed by atoms with Gasteiger partial charge in [-0.25, -0.2) is 9.59 Å². The Morgan fingerprint density at radius 2 is 1.62 bits per heavy atom. The summed E-state index contributed by atoms with van der Waals surface area (Å²) in [6.07, 6.45) is -5.69. The number of methoxy groups -OCH3 is 1. The van der Waals surface area contributed by atoms with Gasteiger partial charge in [0.2, 0.25) is 5.60 Å². The number of phenols is 4. The van der Waals surface area contributed by atoms with Crippen LogP contribution in [0.5, 0.6) is 23.0 Å². The molecule has 13 heteroatoms. The molecular weight excluding hydrogens is 520 g/mol. The molecule has 39 heavy (non-hydrogen) atoms. The largest absolute Gasteiger partial charge is 0.504 e. The number of carboxylic acid groups (broad SMARTS) is 1. The number of carbonyl (C=O) groups excluding carboxylic acids is 2. The number of esters is 2. The van der Waals surface area contributed by atoms with Gasteiger partial charge in [0, 0.05) is 26.0 Å². The monoisotopic (exact) mass is 548 g/mol. The summed E-state index contributed by atoms with van der Waals surface area (Å²) in [4.78, 5) is 37.3. The predicted molar refractivity (Wildman–Crippen MR) is 131 cm³/mol. The van der Waals surface area contributed by atoms with E-state index in [2.05, 4.69) is 0 Å². The van der Waals surface area contributed by atoms with Crippen LogP contribution in [-0.2, 0) is 28.6 Å². The number of benzene rings is 2. The lowest BCUT2D eigenvalue weighted by Gasteiger charge is -2.41. The van der Waals surface area contributed by atoms with Crippen molar-refractivity contribution in [1.29, 1.82) is 0 Å². The van der Waals surface area contributed by atoms with Crippen LogP contribution in [0.3, 0.4) is 0 Å². The van der Waals surface area contributed by atoms with Crippen LogP contribution >= 0.6 is 0 Å². The maximum atomic E-state index is 12.7. The van der Waals surface area contributed by atoms with Gasteiger partial charge in [-0.1, -0.05) is 12.1 Å². The summed E-state index contributed by atoms with van der Waals surface area (Å²) in [5.41, 5.74) is -1.75. The van der Waals surface area contributed by atoms with Crippen LogP contribution in [0.25, 0.3) is 6.08 Å². The lowest BCUT2D eigenvalue weighted by Crippen LogP contribution is -2.58. The van der Waals surface area contributed by atoms with Crippen molar-refractivity contribution >= 4 is 24.0 Å². The lowest BCUT2D eigenvalue weighted by molar-refractivity contribution is -0.209. The zero-order valence-electron chi connectivity index (χ0n) is 20.6. The first-order chi connectivity index (χ1) is 18.3. The SMILES string of the molecule is CO[C@@H](CC(=O)O[C@@H]1C[C@](OC(=O)C=Cc2ccc(O)c(O)c2)(C(=O)O)C[C@@H](O)[C@H]1O)c1ccc(O)c(O)c1. The number of rotatable bonds is 9. The first-order valence-electron chi connectivity index (χ1n) is 11.6. The van der Waals surface area contributed by atoms with Gasteiger partial charge in [0.15, 0.2) is 23.0 Å². The van der Waals surface area contributed by atoms with Gasteiger partial charge >= 0.3 is 17.9 Å². The first-order valence-corrected chi connectivity index (χ1v) is 11.6. The van der Waals surface area contributed by atoms with Gasteiger partial charge in [0.25, 0.3) is 0 Å². The molecule has 1 aliphatic rings. The van der Waals surface area contributed by atoms with Crippen LogP contribution in [0.4, 0.5) is 0 Å². The molecule has 1 saturated carbocycles. The molecule has 0 aromatic heterocycles. The van der Waals surface area contributed by atoms with E-state index in [4.69, 9.17) is 14.2 Å². The van der Waals surface area contributed by atoms with Crippen molar-refractivity contribution in [3.05, 3.63) is 53.6 Å². The number of ether oxygens (including phenoxy) is 3. The maximum Gasteiger partial charge on any atom is 0.348 e. The summed E-state index contributed by atoms with van der Waals surface area (Å²) < 4.78 is 15.7. The number of hydrogen-bond donors (Lipinski definition) is 7. The molecule has 3 rings (SSSR count). The van der Waals surface area contributed by atoms with Crippen molar-refractivity contribution in [1.82, 2.24) is 0 Å². The average Bonchev–Trinajstić information content (AvgIpc) is 2.87. The number of aromatic hydroxyl groups is 4. The first kappa shape index (κ1) is 29.2. The number of aliphatic hydroxyl groups excluding tert-OH is 2. The summed E-state index contributed by atoms with van der Waals surface area (Å²) in [5, 5.41) is 68.7. The third-order valence-electron chi connectivity index (χ3n) is 6.23. The van der Waals surface area contributed by atoms with Crippen LogP contribution in [0.2, 0.25) is 0 Å². The zero-order valence-corrected chi connectivity index (χ0v) is 20.6. The molecule has 0 radical (unpaired) electrons. The van der Waals surface area contributed by atoms with Gasteiger partial charge in [-0.15, -0.1) is 0 Å². The van der Waals surface area contributed by atoms with Crippen molar-refractivity contribution in [3.8, 4) is 23.0 Å². The molecule has 1 fully saturated rings. The highest BCUT2D eigenvalue weighted by Crippen LogP contribution is 2.36. The average molecular weight is 548 g/mol. The Bertz CT molecular complexity index is 1260. The second-order valence-corrected chi connectivity index (χ2v) is 8.97. The van der Waals surface area contributed by atoms with Crippen molar-refractivity contribution in [3.63, 3.8) is 0 Å². The third kappa shape index (κ3) is 6.96. The van der Waals surface area contributed by atoms with Crippen molar-refractivity contribution in [2.75, 3.05) is 7.11 Å². The smallest absolute Gasteiger partial charge is 0.348 e. The minimum absolute atomic E-state index is 0.284. The Hall–Kier alpha value is -4.33. The van der Waals surface area contributed by atoms with E-state index in [0.29, 0.717) is 5.56 Å². The van der Waals surface area contributed by atoms with E-state index >= 15 is 0 Å². The zero-order chi connectivity index (χ0) is 28.9. The van der Waals surface area contributed by atoms with E-state index in [1.54, 1.807) is 0 Å². The highest BCUT2D eigenvalue weighted by molar-refractivity contribution is 5.90. The number of carboxylic acids is 1. The number of phenolic OH excluding ortho intramolecular Hbond substituents is 4. The summed E-state index contributed by atoms with van der Waals surface area (Å²) in [7, 11) is 1.28. The number of aliphatic carboxylic acids is 1. The Morgan fingerprint density at radius 1 is 0.974 bits per heavy atom. The fourth-order valence-electron chi connectivity index (χ4n) is 4.13. The van der Waals surface area contributed by atoms with Gasteiger partial charge in [-0.3, -0.25) is 4.79 Å². The molecular formula is C26H28O13. The number of hydrogen-bond acceptors (Lipinski definition) is 12. The molecule has 0 saturated heterocycles. The molecule has 7 N–H and O–H groups in total. The van der Waals surface area contributed by atoms with Crippen LogP contribution in [0.15, 0.2) is 42.5 Å². The second-order valence-electron chi connectivity index (χ2n) is 8.97. The highest BCUT2D eigenvalue weighted by Gasteiger charge is 2.54. The Kier molecular flexibility index (Phi) is 9.01. The van der Waals surface area contributed by atoms with Crippen molar-refractivity contribution in [2.24, 2.45) is 0 Å². The topological polar surface area (TPSA) is 221 Å². The van der Waals surface area contributed by atoms with Gasteiger partial charge < -0.3 is 50.0 Å². The van der Waals surface area contributed by atoms with E-state index in [0.717, 1.165) is 12.1 Å². The normalized spacial score (nSPS) is 23.7. The van der Waals surface area contributed by atoms with E-state index in [9.17, 15) is 50.1 Å². The summed E-state index contributed by atoms with van der Waals surface area (Å²) in [6.45, 7) is 0. The fourth-order valence-corrected chi connectivity index (χ4v) is 4.13. The Labute approximate surface area is 221 Å². The molecule has 0 unspecified atom stereocenters. The molecule has 0 bridgehead atoms. The lowest BCUT2D eigenvalue weighted by atomic mass is 9.79. The van der Waals surface area contributed by atoms with Crippen LogP contribution in [0, 0.1) is 0 Å². The second kappa shape index (κ2) is 12.0. The van der Waals surface area contributed by atoms with E-state index in [1.807, 2.05) is 0 Å². The standard InChI is InChI=1S/C26H28O13/c1-37-20(14-4-6-16(28)18(30)9-14)10-23(33)38-21-12-26(25(35)36,11-19(31)24(21)34)39-22(32)7-3-13-2-5-15(27)17(29)8-13/h2-9,19-21,24,27-31,34H,10-12H2,1H3,(H,35,36)/t19-,20+,21-,24-,26+/m1/s1. The molecule has 13 nitrogen and oxygen atoms in total. The molecule has 1 aliphatic carbocycles. The van der Waals surface area contributed by atoms with Crippen LogP contribution < -0.4 is 0 Å². The van der Waals surface area contributed by atoms with Crippen LogP contribution in [0.1, 0.15) is 36.5 Å². The van der Waals surface area contributed by atoms with Gasteiger partial charge in [0.05, 0.1) is 18.6 Å². The van der Waals surface area contributed by atoms with E-state index < -0.39 is 78.7 Å². The van der Waals surface area contributed by atoms with Crippen molar-refractivity contribution < 1.29 is 64.3 Å². The minimum atomic E-state index is -2.36. The summed E-state index contributed by atoms with van der Waals surface area (Å²) in [6, 6.07) is 7.46. The fraction of sp³-hybridized carbons (Fsp3) is 0.346. The molecule has 0 heterocycles. The predicted octanol–water partition coefficient (Wildman–Crippen LogP) is 1.09. The van der Waals surface area contributed by atoms with E-state index in [-0.39, 0.29) is 17.1 Å². The highest BCUT2D eigenvalue weighted by atomic mass is 16.6. The van der Waals surface area contributed by atoms with E-state index in [1.165, 1.54) is 43.5 Å². The minimum Gasteiger partial charge on any atom is -0.504 e.